The van der Waals surface area contributed by atoms with Crippen molar-refractivity contribution in [1.82, 2.24) is 5.32 Å². The third-order valence-electron chi connectivity index (χ3n) is 4.07. The SMILES string of the molecule is CCCC1(C(=O)Nc2ccc(C(=O)O)cc2)CCCNC1. The summed E-state index contributed by atoms with van der Waals surface area (Å²) in [5, 5.41) is 15.1. The second kappa shape index (κ2) is 6.72. The Bertz CT molecular complexity index is 499. The lowest BCUT2D eigenvalue weighted by molar-refractivity contribution is -0.127. The average molecular weight is 290 g/mol. The zero-order valence-electron chi connectivity index (χ0n) is 12.3. The molecular formula is C16H22N2O3. The van der Waals surface area contributed by atoms with E-state index in [0.717, 1.165) is 32.2 Å². The standard InChI is InChI=1S/C16H22N2O3/c1-2-8-16(9-3-10-17-11-16)15(21)18-13-6-4-12(5-7-13)14(19)20/h4-7,17H,2-3,8-11H2,1H3,(H,18,21)(H,19,20). The molecule has 0 spiro atoms. The fourth-order valence-electron chi connectivity index (χ4n) is 2.93. The normalized spacial score (nSPS) is 21.8. The van der Waals surface area contributed by atoms with E-state index < -0.39 is 5.97 Å². The molecule has 21 heavy (non-hydrogen) atoms. The third-order valence-corrected chi connectivity index (χ3v) is 4.07. The Labute approximate surface area is 124 Å². The molecule has 1 aromatic carbocycles. The van der Waals surface area contributed by atoms with Crippen molar-refractivity contribution in [2.24, 2.45) is 5.41 Å². The molecule has 1 aliphatic rings. The number of carboxylic acid groups (broad SMARTS) is 1. The zero-order chi connectivity index (χ0) is 15.3. The van der Waals surface area contributed by atoms with Crippen molar-refractivity contribution in [3.8, 4) is 0 Å². The number of carboxylic acids is 1. The molecular weight excluding hydrogens is 268 g/mol. The molecule has 1 saturated heterocycles. The van der Waals surface area contributed by atoms with E-state index in [-0.39, 0.29) is 16.9 Å². The highest BCUT2D eigenvalue weighted by Gasteiger charge is 2.38. The van der Waals surface area contributed by atoms with Crippen LogP contribution < -0.4 is 10.6 Å². The van der Waals surface area contributed by atoms with Crippen LogP contribution >= 0.6 is 0 Å². The quantitative estimate of drug-likeness (QED) is 0.778. The van der Waals surface area contributed by atoms with Gasteiger partial charge in [-0.3, -0.25) is 4.79 Å². The van der Waals surface area contributed by atoms with Crippen LogP contribution in [0.15, 0.2) is 24.3 Å². The molecule has 0 radical (unpaired) electrons. The lowest BCUT2D eigenvalue weighted by Crippen LogP contribution is -2.48. The van der Waals surface area contributed by atoms with E-state index in [1.807, 2.05) is 0 Å². The molecule has 5 nitrogen and oxygen atoms in total. The summed E-state index contributed by atoms with van der Waals surface area (Å²) in [6.45, 7) is 3.76. The van der Waals surface area contributed by atoms with Crippen molar-refractivity contribution in [2.75, 3.05) is 18.4 Å². The van der Waals surface area contributed by atoms with Crippen molar-refractivity contribution in [3.63, 3.8) is 0 Å². The number of nitrogens with one attached hydrogen (secondary N) is 2. The molecule has 1 atom stereocenters. The predicted octanol–water partition coefficient (Wildman–Crippen LogP) is 2.49. The smallest absolute Gasteiger partial charge is 0.335 e. The molecule has 1 unspecified atom stereocenters. The van der Waals surface area contributed by atoms with Crippen LogP contribution in [0, 0.1) is 5.41 Å². The molecule has 2 rings (SSSR count). The minimum atomic E-state index is -0.966. The number of hydrogen-bond acceptors (Lipinski definition) is 3. The first kappa shape index (κ1) is 15.5. The number of amides is 1. The van der Waals surface area contributed by atoms with E-state index in [9.17, 15) is 9.59 Å². The minimum absolute atomic E-state index is 0.0274. The van der Waals surface area contributed by atoms with E-state index >= 15 is 0 Å². The summed E-state index contributed by atoms with van der Waals surface area (Å²) in [5.74, 6) is -0.938. The number of aromatic carboxylic acids is 1. The molecule has 3 N–H and O–H groups in total. The van der Waals surface area contributed by atoms with Crippen LogP contribution in [0.4, 0.5) is 5.69 Å². The Morgan fingerprint density at radius 3 is 2.57 bits per heavy atom. The van der Waals surface area contributed by atoms with Gasteiger partial charge in [0.1, 0.15) is 0 Å². The van der Waals surface area contributed by atoms with Gasteiger partial charge in [0.05, 0.1) is 11.0 Å². The highest BCUT2D eigenvalue weighted by molar-refractivity contribution is 5.96. The summed E-state index contributed by atoms with van der Waals surface area (Å²) in [6, 6.07) is 6.28. The number of hydrogen-bond donors (Lipinski definition) is 3. The molecule has 1 heterocycles. The largest absolute Gasteiger partial charge is 0.478 e. The molecule has 1 aliphatic heterocycles. The fourth-order valence-corrected chi connectivity index (χ4v) is 2.93. The fraction of sp³-hybridized carbons (Fsp3) is 0.500. The van der Waals surface area contributed by atoms with Gasteiger partial charge in [-0.25, -0.2) is 4.79 Å². The Morgan fingerprint density at radius 1 is 1.33 bits per heavy atom. The van der Waals surface area contributed by atoms with Crippen molar-refractivity contribution in [2.45, 2.75) is 32.6 Å². The van der Waals surface area contributed by atoms with Crippen LogP contribution in [0.1, 0.15) is 43.0 Å². The van der Waals surface area contributed by atoms with Crippen LogP contribution in [0.3, 0.4) is 0 Å². The van der Waals surface area contributed by atoms with E-state index in [1.54, 1.807) is 12.1 Å². The highest BCUT2D eigenvalue weighted by Crippen LogP contribution is 2.33. The molecule has 0 bridgehead atoms. The number of rotatable bonds is 5. The molecule has 114 valence electrons. The zero-order valence-corrected chi connectivity index (χ0v) is 12.3. The monoisotopic (exact) mass is 290 g/mol. The second-order valence-corrected chi connectivity index (χ2v) is 5.65. The Kier molecular flexibility index (Phi) is 4.96. The van der Waals surface area contributed by atoms with E-state index in [1.165, 1.54) is 12.1 Å². The first-order valence-electron chi connectivity index (χ1n) is 7.43. The maximum Gasteiger partial charge on any atom is 0.335 e. The van der Waals surface area contributed by atoms with Gasteiger partial charge in [0.15, 0.2) is 0 Å². The average Bonchev–Trinajstić information content (AvgIpc) is 2.49. The van der Waals surface area contributed by atoms with Crippen molar-refractivity contribution in [3.05, 3.63) is 29.8 Å². The Hall–Kier alpha value is -1.88. The summed E-state index contributed by atoms with van der Waals surface area (Å²) in [6.07, 6.45) is 3.73. The number of carbonyl (C=O) groups excluding carboxylic acids is 1. The van der Waals surface area contributed by atoms with E-state index in [0.29, 0.717) is 12.2 Å². The Balaban J connectivity index is 2.09. The topological polar surface area (TPSA) is 78.4 Å². The van der Waals surface area contributed by atoms with E-state index in [2.05, 4.69) is 17.6 Å². The van der Waals surface area contributed by atoms with Gasteiger partial charge in [-0.15, -0.1) is 0 Å². The van der Waals surface area contributed by atoms with Gasteiger partial charge < -0.3 is 15.7 Å². The summed E-state index contributed by atoms with van der Waals surface area (Å²) < 4.78 is 0. The molecule has 1 amide bonds. The number of benzene rings is 1. The van der Waals surface area contributed by atoms with Gasteiger partial charge in [-0.2, -0.15) is 0 Å². The van der Waals surface area contributed by atoms with Crippen LogP contribution in [0.5, 0.6) is 0 Å². The van der Waals surface area contributed by atoms with Crippen molar-refractivity contribution < 1.29 is 14.7 Å². The number of piperidine rings is 1. The van der Waals surface area contributed by atoms with Crippen LogP contribution in [0.25, 0.3) is 0 Å². The molecule has 5 heteroatoms. The lowest BCUT2D eigenvalue weighted by atomic mass is 9.76. The third kappa shape index (κ3) is 3.61. The Morgan fingerprint density at radius 2 is 2.05 bits per heavy atom. The number of anilines is 1. The molecule has 0 aromatic heterocycles. The van der Waals surface area contributed by atoms with Gasteiger partial charge in [-0.1, -0.05) is 13.3 Å². The molecule has 1 aromatic rings. The summed E-state index contributed by atoms with van der Waals surface area (Å²) in [4.78, 5) is 23.5. The summed E-state index contributed by atoms with van der Waals surface area (Å²) in [5.41, 5.74) is 0.514. The van der Waals surface area contributed by atoms with Gasteiger partial charge in [0.2, 0.25) is 5.91 Å². The van der Waals surface area contributed by atoms with Crippen LogP contribution in [-0.4, -0.2) is 30.1 Å². The van der Waals surface area contributed by atoms with Crippen LogP contribution in [0.2, 0.25) is 0 Å². The minimum Gasteiger partial charge on any atom is -0.478 e. The lowest BCUT2D eigenvalue weighted by Gasteiger charge is -2.36. The first-order valence-corrected chi connectivity index (χ1v) is 7.43. The maximum absolute atomic E-state index is 12.6. The van der Waals surface area contributed by atoms with Gasteiger partial charge in [0.25, 0.3) is 0 Å². The van der Waals surface area contributed by atoms with E-state index in [4.69, 9.17) is 5.11 Å². The molecule has 0 aliphatic carbocycles. The summed E-state index contributed by atoms with van der Waals surface area (Å²) >= 11 is 0. The maximum atomic E-state index is 12.6. The second-order valence-electron chi connectivity index (χ2n) is 5.65. The molecule has 1 fully saturated rings. The van der Waals surface area contributed by atoms with Gasteiger partial charge in [0, 0.05) is 12.2 Å². The predicted molar refractivity (Wildman–Crippen MR) is 81.5 cm³/mol. The summed E-state index contributed by atoms with van der Waals surface area (Å²) in [7, 11) is 0. The molecule has 0 saturated carbocycles. The first-order chi connectivity index (χ1) is 10.1. The van der Waals surface area contributed by atoms with Crippen molar-refractivity contribution in [1.29, 1.82) is 0 Å². The van der Waals surface area contributed by atoms with Crippen molar-refractivity contribution >= 4 is 17.6 Å². The highest BCUT2D eigenvalue weighted by atomic mass is 16.4. The van der Waals surface area contributed by atoms with Crippen LogP contribution in [-0.2, 0) is 4.79 Å². The van der Waals surface area contributed by atoms with Gasteiger partial charge in [-0.05, 0) is 50.1 Å². The number of carbonyl (C=O) groups is 2. The van der Waals surface area contributed by atoms with Gasteiger partial charge >= 0.3 is 5.97 Å².